The predicted molar refractivity (Wildman–Crippen MR) is 130 cm³/mol. The summed E-state index contributed by atoms with van der Waals surface area (Å²) in [4.78, 5) is 0. The van der Waals surface area contributed by atoms with Gasteiger partial charge in [-0.2, -0.15) is 0 Å². The van der Waals surface area contributed by atoms with Crippen LogP contribution in [0.25, 0.3) is 0 Å². The van der Waals surface area contributed by atoms with Crippen LogP contribution in [0, 0.1) is 0 Å². The summed E-state index contributed by atoms with van der Waals surface area (Å²) in [6.07, 6.45) is 18.6. The highest BCUT2D eigenvalue weighted by Crippen LogP contribution is 2.29. The molecule has 0 heterocycles. The molecule has 0 saturated carbocycles. The molecule has 4 nitrogen and oxygen atoms in total. The fourth-order valence-corrected chi connectivity index (χ4v) is 3.82. The van der Waals surface area contributed by atoms with Gasteiger partial charge in [0.2, 0.25) is 0 Å². The summed E-state index contributed by atoms with van der Waals surface area (Å²) < 4.78 is 12.2. The highest BCUT2D eigenvalue weighted by atomic mass is 16.7. The van der Waals surface area contributed by atoms with Gasteiger partial charge in [-0.25, -0.2) is 0 Å². The molecule has 0 fully saturated rings. The topological polar surface area (TPSA) is 58.9 Å². The maximum Gasteiger partial charge on any atom is 0.160 e. The Morgan fingerprint density at radius 3 is 1.81 bits per heavy atom. The summed E-state index contributed by atoms with van der Waals surface area (Å²) in [7, 11) is 0. The molecule has 0 aliphatic carbocycles. The zero-order chi connectivity index (χ0) is 22.6. The van der Waals surface area contributed by atoms with Crippen LogP contribution < -0.4 is 0 Å². The third-order valence-electron chi connectivity index (χ3n) is 5.84. The highest BCUT2D eigenvalue weighted by molar-refractivity contribution is 5.44. The Morgan fingerprint density at radius 2 is 1.23 bits per heavy atom. The molecule has 0 aromatic heterocycles. The largest absolute Gasteiger partial charge is 0.504 e. The van der Waals surface area contributed by atoms with Gasteiger partial charge in [-0.1, -0.05) is 90.2 Å². The molecule has 0 spiro atoms. The third-order valence-corrected chi connectivity index (χ3v) is 5.84. The maximum atomic E-state index is 9.95. The molecule has 0 bridgehead atoms. The second kappa shape index (κ2) is 19.4. The number of phenols is 2. The van der Waals surface area contributed by atoms with E-state index in [1.54, 1.807) is 6.07 Å². The van der Waals surface area contributed by atoms with Crippen molar-refractivity contribution in [3.63, 3.8) is 0 Å². The van der Waals surface area contributed by atoms with Crippen LogP contribution in [0.4, 0.5) is 0 Å². The van der Waals surface area contributed by atoms with E-state index in [0.717, 1.165) is 57.3 Å². The van der Waals surface area contributed by atoms with Crippen molar-refractivity contribution in [2.45, 2.75) is 123 Å². The Morgan fingerprint density at radius 1 is 0.677 bits per heavy atom. The lowest BCUT2D eigenvalue weighted by molar-refractivity contribution is -0.148. The van der Waals surface area contributed by atoms with Gasteiger partial charge in [-0.05, 0) is 50.2 Å². The minimum absolute atomic E-state index is 0.0118. The lowest BCUT2D eigenvalue weighted by Gasteiger charge is -2.19. The summed E-state index contributed by atoms with van der Waals surface area (Å²) >= 11 is 0. The average molecular weight is 437 g/mol. The van der Waals surface area contributed by atoms with Gasteiger partial charge in [0.15, 0.2) is 17.8 Å². The first-order valence-electron chi connectivity index (χ1n) is 12.9. The molecule has 1 aromatic rings. The van der Waals surface area contributed by atoms with Crippen LogP contribution >= 0.6 is 0 Å². The summed E-state index contributed by atoms with van der Waals surface area (Å²) in [5.41, 5.74) is 0.803. The number of para-hydroxylation sites is 1. The Balaban J connectivity index is 2.27. The van der Waals surface area contributed by atoms with Crippen molar-refractivity contribution in [3.05, 3.63) is 23.8 Å². The first kappa shape index (κ1) is 27.8. The molecule has 0 aliphatic heterocycles. The van der Waals surface area contributed by atoms with E-state index in [4.69, 9.17) is 9.47 Å². The quantitative estimate of drug-likeness (QED) is 0.117. The SMILES string of the molecule is CCCCCCCCOC(CCCCc1cccc(O)c1O)OCCCCCCCC. The van der Waals surface area contributed by atoms with Crippen LogP contribution in [0.3, 0.4) is 0 Å². The number of unbranched alkanes of at least 4 members (excludes halogenated alkanes) is 11. The second-order valence-electron chi connectivity index (χ2n) is 8.74. The van der Waals surface area contributed by atoms with Gasteiger partial charge in [0.05, 0.1) is 0 Å². The smallest absolute Gasteiger partial charge is 0.160 e. The molecule has 180 valence electrons. The predicted octanol–water partition coefficient (Wildman–Crippen LogP) is 7.89. The summed E-state index contributed by atoms with van der Waals surface area (Å²) in [5, 5.41) is 19.6. The number of ether oxygens (including phenoxy) is 2. The van der Waals surface area contributed by atoms with E-state index >= 15 is 0 Å². The highest BCUT2D eigenvalue weighted by Gasteiger charge is 2.11. The number of hydrogen-bond donors (Lipinski definition) is 2. The number of rotatable bonds is 21. The van der Waals surface area contributed by atoms with Crippen molar-refractivity contribution in [1.82, 2.24) is 0 Å². The number of aryl methyl sites for hydroxylation is 1. The molecule has 0 saturated heterocycles. The summed E-state index contributed by atoms with van der Waals surface area (Å²) in [5.74, 6) is -0.0300. The van der Waals surface area contributed by atoms with Crippen LogP contribution in [0.2, 0.25) is 0 Å². The van der Waals surface area contributed by atoms with Gasteiger partial charge in [0, 0.05) is 13.2 Å². The van der Waals surface area contributed by atoms with Crippen LogP contribution in [-0.4, -0.2) is 29.7 Å². The van der Waals surface area contributed by atoms with Crippen LogP contribution in [0.15, 0.2) is 18.2 Å². The summed E-state index contributed by atoms with van der Waals surface area (Å²) in [6, 6.07) is 5.16. The van der Waals surface area contributed by atoms with E-state index < -0.39 is 0 Å². The van der Waals surface area contributed by atoms with E-state index in [2.05, 4.69) is 13.8 Å². The lowest BCUT2D eigenvalue weighted by atomic mass is 10.1. The van der Waals surface area contributed by atoms with Crippen molar-refractivity contribution in [2.24, 2.45) is 0 Å². The van der Waals surface area contributed by atoms with Gasteiger partial charge < -0.3 is 19.7 Å². The van der Waals surface area contributed by atoms with Crippen LogP contribution in [-0.2, 0) is 15.9 Å². The maximum absolute atomic E-state index is 9.95. The molecule has 0 aliphatic rings. The fourth-order valence-electron chi connectivity index (χ4n) is 3.82. The molecule has 2 N–H and O–H groups in total. The molecule has 1 aromatic carbocycles. The molecule has 0 unspecified atom stereocenters. The first-order chi connectivity index (χ1) is 15.2. The van der Waals surface area contributed by atoms with Crippen molar-refractivity contribution < 1.29 is 19.7 Å². The zero-order valence-corrected chi connectivity index (χ0v) is 20.2. The standard InChI is InChI=1S/C27H48O4/c1-3-5-7-9-11-15-22-30-26(31-23-16-12-10-8-6-4-2)21-14-13-18-24-19-17-20-25(28)27(24)29/h17,19-20,26,28-29H,3-16,18,21-23H2,1-2H3. The minimum atomic E-state index is -0.121. The Labute approximate surface area is 191 Å². The lowest BCUT2D eigenvalue weighted by Crippen LogP contribution is -2.19. The third kappa shape index (κ3) is 14.4. The summed E-state index contributed by atoms with van der Waals surface area (Å²) in [6.45, 7) is 6.05. The normalized spacial score (nSPS) is 11.5. The molecule has 0 radical (unpaired) electrons. The van der Waals surface area contributed by atoms with E-state index in [-0.39, 0.29) is 17.8 Å². The minimum Gasteiger partial charge on any atom is -0.504 e. The first-order valence-corrected chi connectivity index (χ1v) is 12.9. The molecule has 1 rings (SSSR count). The molecule has 4 heteroatoms. The van der Waals surface area contributed by atoms with Crippen molar-refractivity contribution in [3.8, 4) is 11.5 Å². The van der Waals surface area contributed by atoms with E-state index in [1.807, 2.05) is 6.07 Å². The van der Waals surface area contributed by atoms with E-state index in [9.17, 15) is 10.2 Å². The monoisotopic (exact) mass is 436 g/mol. The Kier molecular flexibility index (Phi) is 17.4. The number of aromatic hydroxyl groups is 2. The molecule has 0 amide bonds. The Bertz CT molecular complexity index is 514. The van der Waals surface area contributed by atoms with E-state index in [0.29, 0.717) is 0 Å². The number of benzene rings is 1. The van der Waals surface area contributed by atoms with E-state index in [1.165, 1.54) is 70.3 Å². The van der Waals surface area contributed by atoms with Gasteiger partial charge in [0.1, 0.15) is 0 Å². The average Bonchev–Trinajstić information content (AvgIpc) is 2.77. The second-order valence-corrected chi connectivity index (χ2v) is 8.74. The fraction of sp³-hybridized carbons (Fsp3) is 0.778. The van der Waals surface area contributed by atoms with Crippen LogP contribution in [0.1, 0.15) is 116 Å². The van der Waals surface area contributed by atoms with Gasteiger partial charge >= 0.3 is 0 Å². The van der Waals surface area contributed by atoms with Gasteiger partial charge in [-0.3, -0.25) is 0 Å². The van der Waals surface area contributed by atoms with Crippen LogP contribution in [0.5, 0.6) is 11.5 Å². The van der Waals surface area contributed by atoms with Crippen molar-refractivity contribution in [2.75, 3.05) is 13.2 Å². The van der Waals surface area contributed by atoms with Gasteiger partial charge in [-0.15, -0.1) is 0 Å². The number of phenolic OH excluding ortho intramolecular Hbond substituents is 2. The van der Waals surface area contributed by atoms with Crippen molar-refractivity contribution in [1.29, 1.82) is 0 Å². The Hall–Kier alpha value is -1.26. The zero-order valence-electron chi connectivity index (χ0n) is 20.2. The number of hydrogen-bond acceptors (Lipinski definition) is 4. The van der Waals surface area contributed by atoms with Gasteiger partial charge in [0.25, 0.3) is 0 Å². The van der Waals surface area contributed by atoms with Crippen molar-refractivity contribution >= 4 is 0 Å². The molecule has 31 heavy (non-hydrogen) atoms. The molecular weight excluding hydrogens is 388 g/mol. The molecule has 0 atom stereocenters. The molecular formula is C27H48O4.